The Morgan fingerprint density at radius 3 is 2.21 bits per heavy atom. The van der Waals surface area contributed by atoms with Gasteiger partial charge in [-0.05, 0) is 58.2 Å². The zero-order valence-corrected chi connectivity index (χ0v) is 12.8. The van der Waals surface area contributed by atoms with E-state index in [9.17, 15) is 0 Å². The number of hydrogen-bond donors (Lipinski definition) is 2. The molecule has 0 aliphatic carbocycles. The molecule has 1 unspecified atom stereocenters. The van der Waals surface area contributed by atoms with Crippen LogP contribution >= 0.6 is 0 Å². The van der Waals surface area contributed by atoms with Crippen molar-refractivity contribution in [2.24, 2.45) is 0 Å². The fraction of sp³-hybridized carbons (Fsp3) is 0.647. The second kappa shape index (κ2) is 5.64. The molecule has 1 aliphatic heterocycles. The minimum atomic E-state index is 0.153. The summed E-state index contributed by atoms with van der Waals surface area (Å²) in [6.07, 6.45) is 2.39. The van der Waals surface area contributed by atoms with Crippen molar-refractivity contribution in [1.29, 1.82) is 0 Å². The molecule has 2 rings (SSSR count). The van der Waals surface area contributed by atoms with Crippen LogP contribution in [-0.4, -0.2) is 24.2 Å². The zero-order chi connectivity index (χ0) is 13.9. The summed E-state index contributed by atoms with van der Waals surface area (Å²) >= 11 is 0. The lowest BCUT2D eigenvalue weighted by molar-refractivity contribution is 0.160. The molecule has 1 atom stereocenters. The van der Waals surface area contributed by atoms with Crippen LogP contribution in [0.5, 0.6) is 0 Å². The number of rotatable bonds is 3. The van der Waals surface area contributed by atoms with E-state index in [2.05, 4.69) is 68.7 Å². The lowest BCUT2D eigenvalue weighted by atomic mass is 9.73. The van der Waals surface area contributed by atoms with Crippen molar-refractivity contribution >= 4 is 0 Å². The van der Waals surface area contributed by atoms with Crippen LogP contribution in [0.1, 0.15) is 52.0 Å². The Hall–Kier alpha value is -0.860. The van der Waals surface area contributed by atoms with E-state index in [0.29, 0.717) is 5.92 Å². The Balaban J connectivity index is 2.27. The quantitative estimate of drug-likeness (QED) is 0.871. The number of piperidine rings is 1. The first-order valence-corrected chi connectivity index (χ1v) is 7.48. The molecule has 0 radical (unpaired) electrons. The highest BCUT2D eigenvalue weighted by Crippen LogP contribution is 2.36. The molecular weight excluding hydrogens is 232 g/mol. The molecule has 1 aromatic carbocycles. The molecule has 0 bridgehead atoms. The average molecular weight is 260 g/mol. The maximum absolute atomic E-state index is 3.93. The normalized spacial score (nSPS) is 21.1. The summed E-state index contributed by atoms with van der Waals surface area (Å²) in [5, 5.41) is 7.42. The highest BCUT2D eigenvalue weighted by molar-refractivity contribution is 5.24. The maximum atomic E-state index is 3.93. The van der Waals surface area contributed by atoms with E-state index in [1.165, 1.54) is 18.4 Å². The van der Waals surface area contributed by atoms with E-state index in [1.807, 2.05) is 0 Å². The standard InChI is InChI=1S/C17H28N2/c1-14(15-8-6-5-7-9-15)17(19-16(2,3)4)10-12-18-13-11-17/h5-9,14,18-19H,10-13H2,1-4H3. The summed E-state index contributed by atoms with van der Waals surface area (Å²) in [4.78, 5) is 0. The zero-order valence-electron chi connectivity index (χ0n) is 12.8. The third-order valence-electron chi connectivity index (χ3n) is 4.25. The number of hydrogen-bond acceptors (Lipinski definition) is 2. The molecule has 1 aromatic rings. The fourth-order valence-electron chi connectivity index (χ4n) is 3.35. The fourth-order valence-corrected chi connectivity index (χ4v) is 3.35. The first-order chi connectivity index (χ1) is 8.93. The summed E-state index contributed by atoms with van der Waals surface area (Å²) in [5.41, 5.74) is 1.81. The topological polar surface area (TPSA) is 24.1 Å². The van der Waals surface area contributed by atoms with Crippen molar-refractivity contribution in [3.63, 3.8) is 0 Å². The van der Waals surface area contributed by atoms with Gasteiger partial charge in [-0.3, -0.25) is 0 Å². The smallest absolute Gasteiger partial charge is 0.0276 e. The van der Waals surface area contributed by atoms with Gasteiger partial charge in [-0.15, -0.1) is 0 Å². The monoisotopic (exact) mass is 260 g/mol. The Morgan fingerprint density at radius 1 is 1.11 bits per heavy atom. The third-order valence-corrected chi connectivity index (χ3v) is 4.25. The van der Waals surface area contributed by atoms with Crippen molar-refractivity contribution in [1.82, 2.24) is 10.6 Å². The lowest BCUT2D eigenvalue weighted by Crippen LogP contribution is -2.60. The summed E-state index contributed by atoms with van der Waals surface area (Å²) < 4.78 is 0. The SMILES string of the molecule is CC(c1ccccc1)C1(NC(C)(C)C)CCNCC1. The first-order valence-electron chi connectivity index (χ1n) is 7.48. The Bertz CT molecular complexity index is 385. The lowest BCUT2D eigenvalue weighted by Gasteiger charge is -2.47. The van der Waals surface area contributed by atoms with Gasteiger partial charge in [-0.2, -0.15) is 0 Å². The summed E-state index contributed by atoms with van der Waals surface area (Å²) in [7, 11) is 0. The summed E-state index contributed by atoms with van der Waals surface area (Å²) in [6, 6.07) is 10.9. The molecule has 106 valence electrons. The van der Waals surface area contributed by atoms with Crippen LogP contribution in [0.4, 0.5) is 0 Å². The van der Waals surface area contributed by atoms with Gasteiger partial charge in [-0.1, -0.05) is 37.3 Å². The van der Waals surface area contributed by atoms with Crippen molar-refractivity contribution in [3.8, 4) is 0 Å². The van der Waals surface area contributed by atoms with E-state index < -0.39 is 0 Å². The van der Waals surface area contributed by atoms with Crippen LogP contribution in [-0.2, 0) is 0 Å². The molecule has 2 N–H and O–H groups in total. The summed E-state index contributed by atoms with van der Waals surface area (Å²) in [5.74, 6) is 0.537. The molecule has 19 heavy (non-hydrogen) atoms. The Labute approximate surface area is 118 Å². The van der Waals surface area contributed by atoms with Gasteiger partial charge in [0.25, 0.3) is 0 Å². The molecule has 0 aromatic heterocycles. The molecule has 2 heteroatoms. The van der Waals surface area contributed by atoms with Gasteiger partial charge in [0, 0.05) is 11.1 Å². The van der Waals surface area contributed by atoms with E-state index in [4.69, 9.17) is 0 Å². The van der Waals surface area contributed by atoms with E-state index in [0.717, 1.165) is 13.1 Å². The molecule has 0 saturated carbocycles. The van der Waals surface area contributed by atoms with Gasteiger partial charge < -0.3 is 10.6 Å². The van der Waals surface area contributed by atoms with E-state index in [-0.39, 0.29) is 11.1 Å². The van der Waals surface area contributed by atoms with E-state index >= 15 is 0 Å². The second-order valence-electron chi connectivity index (χ2n) is 6.91. The number of nitrogens with one attached hydrogen (secondary N) is 2. The Kier molecular flexibility index (Phi) is 4.32. The molecule has 1 aliphatic rings. The third kappa shape index (κ3) is 3.58. The van der Waals surface area contributed by atoms with Gasteiger partial charge in [-0.25, -0.2) is 0 Å². The van der Waals surface area contributed by atoms with Crippen LogP contribution in [0.25, 0.3) is 0 Å². The molecule has 2 nitrogen and oxygen atoms in total. The highest BCUT2D eigenvalue weighted by Gasteiger charge is 2.40. The van der Waals surface area contributed by atoms with Gasteiger partial charge >= 0.3 is 0 Å². The van der Waals surface area contributed by atoms with Gasteiger partial charge in [0.15, 0.2) is 0 Å². The summed E-state index contributed by atoms with van der Waals surface area (Å²) in [6.45, 7) is 11.4. The maximum Gasteiger partial charge on any atom is 0.0276 e. The van der Waals surface area contributed by atoms with Crippen molar-refractivity contribution in [2.45, 2.75) is 57.5 Å². The van der Waals surface area contributed by atoms with Crippen LogP contribution in [0.15, 0.2) is 30.3 Å². The van der Waals surface area contributed by atoms with Crippen LogP contribution < -0.4 is 10.6 Å². The molecular formula is C17H28N2. The van der Waals surface area contributed by atoms with Crippen LogP contribution in [0.3, 0.4) is 0 Å². The first kappa shape index (κ1) is 14.5. The predicted molar refractivity (Wildman–Crippen MR) is 82.6 cm³/mol. The molecule has 1 saturated heterocycles. The van der Waals surface area contributed by atoms with Crippen molar-refractivity contribution in [3.05, 3.63) is 35.9 Å². The Morgan fingerprint density at radius 2 is 1.68 bits per heavy atom. The average Bonchev–Trinajstić information content (AvgIpc) is 2.38. The van der Waals surface area contributed by atoms with Gasteiger partial charge in [0.05, 0.1) is 0 Å². The minimum Gasteiger partial charge on any atom is -0.317 e. The highest BCUT2D eigenvalue weighted by atomic mass is 15.1. The van der Waals surface area contributed by atoms with E-state index in [1.54, 1.807) is 0 Å². The predicted octanol–water partition coefficient (Wildman–Crippen LogP) is 3.30. The number of benzene rings is 1. The van der Waals surface area contributed by atoms with Crippen LogP contribution in [0, 0.1) is 0 Å². The molecule has 0 amide bonds. The largest absolute Gasteiger partial charge is 0.317 e. The molecule has 0 spiro atoms. The van der Waals surface area contributed by atoms with Gasteiger partial charge in [0.1, 0.15) is 0 Å². The second-order valence-corrected chi connectivity index (χ2v) is 6.91. The van der Waals surface area contributed by atoms with Crippen molar-refractivity contribution in [2.75, 3.05) is 13.1 Å². The van der Waals surface area contributed by atoms with Crippen LogP contribution in [0.2, 0.25) is 0 Å². The molecule has 1 heterocycles. The van der Waals surface area contributed by atoms with Gasteiger partial charge in [0.2, 0.25) is 0 Å². The molecule has 1 fully saturated rings. The minimum absolute atomic E-state index is 0.153. The van der Waals surface area contributed by atoms with Crippen molar-refractivity contribution < 1.29 is 0 Å².